The van der Waals surface area contributed by atoms with Crippen LogP contribution in [0.3, 0.4) is 0 Å². The first-order valence-electron chi connectivity index (χ1n) is 9.70. The van der Waals surface area contributed by atoms with Gasteiger partial charge in [-0.2, -0.15) is 13.2 Å². The average molecular weight is 483 g/mol. The van der Waals surface area contributed by atoms with Crippen molar-refractivity contribution in [1.29, 1.82) is 0 Å². The molecule has 0 radical (unpaired) electrons. The Hall–Kier alpha value is -2.58. The molecule has 0 saturated carbocycles. The molecule has 1 aromatic heterocycles. The summed E-state index contributed by atoms with van der Waals surface area (Å²) in [4.78, 5) is 3.76. The predicted molar refractivity (Wildman–Crippen MR) is 119 cm³/mol. The number of pyridine rings is 1. The molecule has 3 aromatic rings. The van der Waals surface area contributed by atoms with Gasteiger partial charge in [-0.3, -0.25) is 0 Å². The summed E-state index contributed by atoms with van der Waals surface area (Å²) in [5, 5.41) is -0.411. The quantitative estimate of drug-likeness (QED) is 0.420. The van der Waals surface area contributed by atoms with Gasteiger partial charge in [-0.1, -0.05) is 74.8 Å². The van der Waals surface area contributed by atoms with Crippen LogP contribution in [0.5, 0.6) is 0 Å². The summed E-state index contributed by atoms with van der Waals surface area (Å²) in [6.07, 6.45) is -4.07. The third-order valence-electron chi connectivity index (χ3n) is 4.86. The first-order chi connectivity index (χ1) is 14.8. The van der Waals surface area contributed by atoms with Gasteiger partial charge in [0.05, 0.1) is 22.0 Å². The predicted octanol–water partition coefficient (Wildman–Crippen LogP) is 6.45. The Morgan fingerprint density at radius 3 is 2.03 bits per heavy atom. The van der Waals surface area contributed by atoms with Crippen LogP contribution in [-0.2, 0) is 28.2 Å². The molecule has 0 N–H and O–H groups in total. The summed E-state index contributed by atoms with van der Waals surface area (Å²) in [7, 11) is -4.16. The molecule has 0 aliphatic heterocycles. The molecule has 0 fully saturated rings. The van der Waals surface area contributed by atoms with E-state index in [1.54, 1.807) is 30.3 Å². The van der Waals surface area contributed by atoms with Gasteiger partial charge in [0.2, 0.25) is 0 Å². The first-order valence-corrected chi connectivity index (χ1v) is 11.5. The highest BCUT2D eigenvalue weighted by molar-refractivity contribution is 7.92. The van der Waals surface area contributed by atoms with E-state index in [1.807, 2.05) is 12.1 Å². The third kappa shape index (κ3) is 5.24. The van der Waals surface area contributed by atoms with Crippen molar-refractivity contribution in [2.45, 2.75) is 43.8 Å². The molecule has 0 bridgehead atoms. The molecule has 0 aliphatic rings. The molecular formula is C23H22ClF3N2O2S. The molecule has 32 heavy (non-hydrogen) atoms. The lowest BCUT2D eigenvalue weighted by molar-refractivity contribution is -0.137. The van der Waals surface area contributed by atoms with E-state index in [1.165, 1.54) is 12.1 Å². The second-order valence-corrected chi connectivity index (χ2v) is 10.6. The third-order valence-corrected chi connectivity index (χ3v) is 6.89. The van der Waals surface area contributed by atoms with E-state index in [0.717, 1.165) is 9.87 Å². The summed E-state index contributed by atoms with van der Waals surface area (Å²) in [5.74, 6) is -0.275. The van der Waals surface area contributed by atoms with Crippen LogP contribution in [0.1, 0.15) is 37.5 Å². The largest absolute Gasteiger partial charge is 0.417 e. The van der Waals surface area contributed by atoms with Crippen molar-refractivity contribution < 1.29 is 21.6 Å². The molecule has 0 unspecified atom stereocenters. The maximum absolute atomic E-state index is 13.4. The van der Waals surface area contributed by atoms with E-state index in [9.17, 15) is 21.6 Å². The van der Waals surface area contributed by atoms with Crippen molar-refractivity contribution in [3.63, 3.8) is 0 Å². The molecule has 0 spiro atoms. The Labute approximate surface area is 190 Å². The molecule has 0 aliphatic carbocycles. The minimum absolute atomic E-state index is 0.0240. The fraction of sp³-hybridized carbons (Fsp3) is 0.261. The van der Waals surface area contributed by atoms with Crippen LogP contribution in [0, 0.1) is 0 Å². The van der Waals surface area contributed by atoms with E-state index in [-0.39, 0.29) is 22.7 Å². The Kier molecular flexibility index (Phi) is 6.58. The van der Waals surface area contributed by atoms with Crippen molar-refractivity contribution in [3.05, 3.63) is 88.6 Å². The van der Waals surface area contributed by atoms with Crippen LogP contribution in [0.25, 0.3) is 0 Å². The lowest BCUT2D eigenvalue weighted by atomic mass is 9.87. The fourth-order valence-electron chi connectivity index (χ4n) is 3.04. The van der Waals surface area contributed by atoms with E-state index in [0.29, 0.717) is 17.8 Å². The molecule has 3 rings (SSSR count). The van der Waals surface area contributed by atoms with Gasteiger partial charge < -0.3 is 0 Å². The highest BCUT2D eigenvalue weighted by Gasteiger charge is 2.34. The minimum atomic E-state index is -4.65. The van der Waals surface area contributed by atoms with Crippen molar-refractivity contribution >= 4 is 27.4 Å². The number of benzene rings is 2. The Morgan fingerprint density at radius 2 is 1.53 bits per heavy atom. The monoisotopic (exact) mass is 482 g/mol. The topological polar surface area (TPSA) is 50.3 Å². The van der Waals surface area contributed by atoms with Crippen LogP contribution in [0.15, 0.2) is 71.8 Å². The second-order valence-electron chi connectivity index (χ2n) is 8.30. The maximum Gasteiger partial charge on any atom is 0.417 e. The second kappa shape index (κ2) is 8.75. The zero-order chi connectivity index (χ0) is 23.7. The highest BCUT2D eigenvalue weighted by Crippen LogP contribution is 2.36. The van der Waals surface area contributed by atoms with Gasteiger partial charge in [-0.15, -0.1) is 0 Å². The van der Waals surface area contributed by atoms with Crippen LogP contribution >= 0.6 is 11.6 Å². The van der Waals surface area contributed by atoms with Crippen LogP contribution in [-0.4, -0.2) is 13.4 Å². The van der Waals surface area contributed by atoms with Gasteiger partial charge in [0, 0.05) is 6.20 Å². The van der Waals surface area contributed by atoms with E-state index < -0.39 is 26.8 Å². The maximum atomic E-state index is 13.4. The van der Waals surface area contributed by atoms with E-state index >= 15 is 0 Å². The van der Waals surface area contributed by atoms with Gasteiger partial charge in [-0.25, -0.2) is 17.7 Å². The SMILES string of the molecule is CC(C)(C)c1ccc(CN(c2ncc(C(F)(F)F)cc2Cl)S(=O)(=O)c2ccccc2)cc1. The molecule has 2 aromatic carbocycles. The minimum Gasteiger partial charge on any atom is -0.244 e. The van der Waals surface area contributed by atoms with Crippen molar-refractivity contribution in [2.75, 3.05) is 4.31 Å². The number of aromatic nitrogens is 1. The molecule has 9 heteroatoms. The smallest absolute Gasteiger partial charge is 0.244 e. The molecule has 0 saturated heterocycles. The molecule has 0 atom stereocenters. The zero-order valence-electron chi connectivity index (χ0n) is 17.7. The Balaban J connectivity index is 2.09. The lowest BCUT2D eigenvalue weighted by Crippen LogP contribution is -2.31. The number of anilines is 1. The summed E-state index contributed by atoms with van der Waals surface area (Å²) >= 11 is 6.11. The van der Waals surface area contributed by atoms with Crippen LogP contribution < -0.4 is 4.31 Å². The van der Waals surface area contributed by atoms with Gasteiger partial charge in [-0.05, 0) is 34.7 Å². The fourth-order valence-corrected chi connectivity index (χ4v) is 4.80. The number of hydrogen-bond donors (Lipinski definition) is 0. The number of alkyl halides is 3. The van der Waals surface area contributed by atoms with Gasteiger partial charge in [0.15, 0.2) is 5.82 Å². The Bertz CT molecular complexity index is 1190. The van der Waals surface area contributed by atoms with Gasteiger partial charge >= 0.3 is 6.18 Å². The van der Waals surface area contributed by atoms with E-state index in [2.05, 4.69) is 25.8 Å². The molecular weight excluding hydrogens is 461 g/mol. The van der Waals surface area contributed by atoms with Crippen LogP contribution in [0.4, 0.5) is 19.0 Å². The zero-order valence-corrected chi connectivity index (χ0v) is 19.3. The van der Waals surface area contributed by atoms with E-state index in [4.69, 9.17) is 11.6 Å². The van der Waals surface area contributed by atoms with Crippen molar-refractivity contribution in [2.24, 2.45) is 0 Å². The van der Waals surface area contributed by atoms with Crippen molar-refractivity contribution in [1.82, 2.24) is 4.98 Å². The summed E-state index contributed by atoms with van der Waals surface area (Å²) in [6.45, 7) is 6.01. The number of rotatable bonds is 5. The number of sulfonamides is 1. The average Bonchev–Trinajstić information content (AvgIpc) is 2.72. The standard InChI is InChI=1S/C23H22ClF3N2O2S/c1-22(2,3)17-11-9-16(10-12-17)15-29(32(30,31)19-7-5-4-6-8-19)21-20(24)13-18(14-28-21)23(25,26)27/h4-14H,15H2,1-3H3. The number of nitrogens with zero attached hydrogens (tertiary/aromatic N) is 2. The highest BCUT2D eigenvalue weighted by atomic mass is 35.5. The molecule has 170 valence electrons. The Morgan fingerprint density at radius 1 is 0.938 bits per heavy atom. The number of halogens is 4. The summed E-state index contributed by atoms with van der Waals surface area (Å²) in [5.41, 5.74) is 0.546. The molecule has 0 amide bonds. The normalized spacial score (nSPS) is 12.6. The summed E-state index contributed by atoms with van der Waals surface area (Å²) < 4.78 is 66.9. The molecule has 1 heterocycles. The number of hydrogen-bond acceptors (Lipinski definition) is 3. The first kappa shape index (κ1) is 24.1. The van der Waals surface area contributed by atoms with Gasteiger partial charge in [0.25, 0.3) is 10.0 Å². The summed E-state index contributed by atoms with van der Waals surface area (Å²) in [6, 6.07) is 15.6. The molecule has 4 nitrogen and oxygen atoms in total. The van der Waals surface area contributed by atoms with Gasteiger partial charge in [0.1, 0.15) is 0 Å². The van der Waals surface area contributed by atoms with Crippen molar-refractivity contribution in [3.8, 4) is 0 Å². The van der Waals surface area contributed by atoms with Crippen LogP contribution in [0.2, 0.25) is 5.02 Å². The lowest BCUT2D eigenvalue weighted by Gasteiger charge is -2.25.